The molecule has 15 aromatic carbocycles. The number of anilines is 5. The summed E-state index contributed by atoms with van der Waals surface area (Å²) in [5.74, 6) is 0. The number of allylic oxidation sites excluding steroid dienone is 2. The van der Waals surface area contributed by atoms with Crippen LogP contribution >= 0.6 is 0 Å². The third-order valence-electron chi connectivity index (χ3n) is 24.6. The molecule has 8 nitrogen and oxygen atoms in total. The fraction of sp³-hybridized carbons (Fsp3) is 0.0385. The van der Waals surface area contributed by atoms with Gasteiger partial charge in [-0.3, -0.25) is 9.88 Å². The van der Waals surface area contributed by atoms with E-state index in [4.69, 9.17) is 4.98 Å². The lowest BCUT2D eigenvalue weighted by Crippen LogP contribution is -2.38. The van der Waals surface area contributed by atoms with Crippen LogP contribution in [0, 0.1) is 21.0 Å². The molecule has 0 amide bonds. The first kappa shape index (κ1) is 62.4. The van der Waals surface area contributed by atoms with Gasteiger partial charge < -0.3 is 23.2 Å². The molecule has 112 heavy (non-hydrogen) atoms. The number of aromatic nitrogens is 5. The van der Waals surface area contributed by atoms with Crippen molar-refractivity contribution in [1.29, 1.82) is 0 Å². The summed E-state index contributed by atoms with van der Waals surface area (Å²) >= 11 is 0. The number of hydrogen-bond acceptors (Lipinski definition) is 3. The van der Waals surface area contributed by atoms with E-state index in [1.807, 2.05) is 0 Å². The summed E-state index contributed by atoms with van der Waals surface area (Å²) in [4.78, 5) is 11.1. The van der Waals surface area contributed by atoms with Crippen molar-refractivity contribution in [3.63, 3.8) is 0 Å². The van der Waals surface area contributed by atoms with Gasteiger partial charge in [-0.25, -0.2) is 0 Å². The Hall–Kier alpha value is -14.6. The quantitative estimate of drug-likeness (QED) is 0.149. The normalized spacial score (nSPS) is 14.1. The minimum Gasteiger partial charge on any atom is -0.310 e. The molecule has 0 saturated carbocycles. The van der Waals surface area contributed by atoms with Crippen molar-refractivity contribution in [1.82, 2.24) is 27.8 Å². The summed E-state index contributed by atoms with van der Waals surface area (Å²) in [6.07, 6.45) is 5.28. The van der Waals surface area contributed by atoms with E-state index >= 15 is 0 Å². The van der Waals surface area contributed by atoms with Gasteiger partial charge in [0, 0.05) is 106 Å². The molecule has 524 valence electrons. The summed E-state index contributed by atoms with van der Waals surface area (Å²) in [5, 5.41) is 16.0. The molecule has 0 saturated heterocycles. The van der Waals surface area contributed by atoms with Gasteiger partial charge in [-0.05, 0) is 184 Å². The zero-order valence-corrected chi connectivity index (χ0v) is 61.5. The Labute approximate surface area is 644 Å². The molecule has 8 heteroatoms. The summed E-state index contributed by atoms with van der Waals surface area (Å²) in [7, 11) is 0. The Kier molecular flexibility index (Phi) is 13.2. The smallest absolute Gasteiger partial charge is 0.235 e. The minimum atomic E-state index is -0.449. The van der Waals surface area contributed by atoms with Crippen LogP contribution in [0.1, 0.15) is 31.4 Å². The topological polar surface area (TPSA) is 42.1 Å². The Bertz CT molecular complexity index is 7840. The number of fused-ring (bicyclic) bond motifs is 20. The van der Waals surface area contributed by atoms with Crippen molar-refractivity contribution in [2.75, 3.05) is 9.80 Å². The number of pyridine rings is 1. The molecule has 0 radical (unpaired) electrons. The van der Waals surface area contributed by atoms with Crippen molar-refractivity contribution in [2.45, 2.75) is 25.7 Å². The van der Waals surface area contributed by atoms with Crippen LogP contribution in [0.3, 0.4) is 0 Å². The number of rotatable bonds is 7. The summed E-state index contributed by atoms with van der Waals surface area (Å²) in [6.45, 7) is 4.83. The van der Waals surface area contributed by atoms with Gasteiger partial charge in [-0.15, -0.1) is 0 Å². The lowest BCUT2D eigenvalue weighted by atomic mass is 9.73. The van der Waals surface area contributed by atoms with Gasteiger partial charge in [0.2, 0.25) is 17.1 Å². The van der Waals surface area contributed by atoms with Crippen molar-refractivity contribution in [2.24, 2.45) is 0 Å². The van der Waals surface area contributed by atoms with Crippen LogP contribution in [-0.4, -0.2) is 29.0 Å². The molecular formula is C104H69N8+. The van der Waals surface area contributed by atoms with Crippen LogP contribution in [0.15, 0.2) is 376 Å². The van der Waals surface area contributed by atoms with E-state index in [-0.39, 0.29) is 0 Å². The molecule has 5 aromatic heterocycles. The predicted molar refractivity (Wildman–Crippen MR) is 463 cm³/mol. The van der Waals surface area contributed by atoms with Crippen LogP contribution in [0.5, 0.6) is 0 Å². The molecule has 0 atom stereocenters. The maximum Gasteiger partial charge on any atom is 0.235 e. The first-order valence-corrected chi connectivity index (χ1v) is 38.8. The number of hydrogen-bond donors (Lipinski definition) is 0. The molecule has 0 spiro atoms. The van der Waals surface area contributed by atoms with Crippen molar-refractivity contribution in [3.8, 4) is 22.7 Å². The van der Waals surface area contributed by atoms with Gasteiger partial charge in [0.15, 0.2) is 0 Å². The van der Waals surface area contributed by atoms with Gasteiger partial charge in [0.25, 0.3) is 0 Å². The van der Waals surface area contributed by atoms with Crippen LogP contribution in [-0.2, 0) is 5.41 Å². The lowest BCUT2D eigenvalue weighted by Gasteiger charge is -2.42. The SMILES string of the molecule is CC1(C)c2ccccc2N(c2ccccc2)c2cc3c(cc21)=c1ncc(-n2c4ccccc4c4cc(-n5c6ccccc6c6ccccc65)ccc42)cc1=c1cc(-n2c4ccccc4c4cc(-n5c6ccccc6c6ccccc65)ccc42)ccc1=C1CC2=[N+](c4ccccc4)c4ccccc4N(c4ccccc4)C2=CC=31. The highest BCUT2D eigenvalue weighted by Gasteiger charge is 2.43. The molecule has 20 aromatic rings. The van der Waals surface area contributed by atoms with E-state index in [2.05, 4.69) is 417 Å². The first-order chi connectivity index (χ1) is 55.4. The van der Waals surface area contributed by atoms with Crippen molar-refractivity contribution < 1.29 is 0 Å². The predicted octanol–water partition coefficient (Wildman–Crippen LogP) is 23.9. The van der Waals surface area contributed by atoms with E-state index < -0.39 is 5.41 Å². The lowest BCUT2D eigenvalue weighted by molar-refractivity contribution is 0.631. The molecule has 2 aliphatic carbocycles. The monoisotopic (exact) mass is 1430 g/mol. The fourth-order valence-electron chi connectivity index (χ4n) is 19.7. The number of benzene rings is 15. The van der Waals surface area contributed by atoms with Crippen molar-refractivity contribution >= 4 is 144 Å². The van der Waals surface area contributed by atoms with Crippen LogP contribution in [0.2, 0.25) is 0 Å². The Morgan fingerprint density at radius 1 is 0.295 bits per heavy atom. The molecule has 7 heterocycles. The minimum absolute atomic E-state index is 0.449. The second-order valence-electron chi connectivity index (χ2n) is 30.8. The fourth-order valence-corrected chi connectivity index (χ4v) is 19.7. The van der Waals surface area contributed by atoms with E-state index in [1.165, 1.54) is 87.9 Å². The highest BCUT2D eigenvalue weighted by molar-refractivity contribution is 6.23. The Morgan fingerprint density at radius 3 is 1.28 bits per heavy atom. The van der Waals surface area contributed by atoms with E-state index in [0.717, 1.165) is 127 Å². The second kappa shape index (κ2) is 23.7. The highest BCUT2D eigenvalue weighted by atomic mass is 15.2. The Morgan fingerprint density at radius 2 is 0.723 bits per heavy atom. The van der Waals surface area contributed by atoms with E-state index in [9.17, 15) is 0 Å². The maximum absolute atomic E-state index is 6.09. The van der Waals surface area contributed by atoms with Gasteiger partial charge in [0.05, 0.1) is 79.2 Å². The van der Waals surface area contributed by atoms with E-state index in [1.54, 1.807) is 0 Å². The number of para-hydroxylation sites is 12. The zero-order chi connectivity index (χ0) is 73.6. The molecule has 0 fully saturated rings. The molecule has 4 aliphatic rings. The number of nitrogens with zero attached hydrogens (tertiary/aromatic N) is 8. The standard InChI is InChI=1S/C104H69N8/c1-104(2)87-40-18-25-47-97(87)106(65-28-6-3-7-29-65)100-61-82-81-63-102-101(107(66-30-8-4-9-31-66)98-48-26-27-49-99(98)108(102)67-32-10-5-11-33-67)62-80(81)72-53-50-68(111-93-45-23-16-38-77(93)83-57-69(51-54-95(83)111)109-89-41-19-12-34-73(89)74-35-13-20-42-90(74)109)56-79(72)85-59-71(64-105-103(85)86(82)60-88(100)104)112-94-46-24-17-39-78(94)84-58-70(52-55-96(84)112)110-91-43-21-14-36-75(91)76-37-15-22-44-92(76)110/h3-61,63-64H,62H2,1-2H3/q+1. The second-order valence-corrected chi connectivity index (χ2v) is 30.8. The molecule has 24 rings (SSSR count). The average Bonchev–Trinajstić information content (AvgIpc) is 0.981. The van der Waals surface area contributed by atoms with Gasteiger partial charge in [-0.2, -0.15) is 4.58 Å². The highest BCUT2D eigenvalue weighted by Crippen LogP contribution is 2.53. The third kappa shape index (κ3) is 8.88. The Balaban J connectivity index is 0.864. The summed E-state index contributed by atoms with van der Waals surface area (Å²) in [6, 6.07) is 133. The van der Waals surface area contributed by atoms with Crippen molar-refractivity contribution in [3.05, 3.63) is 418 Å². The average molecular weight is 1430 g/mol. The zero-order valence-electron chi connectivity index (χ0n) is 61.5. The largest absolute Gasteiger partial charge is 0.310 e. The van der Waals surface area contributed by atoms with Gasteiger partial charge in [0.1, 0.15) is 11.4 Å². The molecule has 0 bridgehead atoms. The van der Waals surface area contributed by atoms with Crippen LogP contribution < -0.4 is 24.8 Å². The molecule has 2 aliphatic heterocycles. The summed E-state index contributed by atoms with van der Waals surface area (Å²) in [5.41, 5.74) is 28.0. The maximum atomic E-state index is 6.09. The third-order valence-corrected chi connectivity index (χ3v) is 24.6. The molecule has 0 unspecified atom stereocenters. The van der Waals surface area contributed by atoms with E-state index in [0.29, 0.717) is 6.42 Å². The first-order valence-electron chi connectivity index (χ1n) is 38.8. The molecule has 0 N–H and O–H groups in total. The molecular weight excluding hydrogens is 1360 g/mol. The van der Waals surface area contributed by atoms with Crippen LogP contribution in [0.4, 0.5) is 39.8 Å². The van der Waals surface area contributed by atoms with Crippen LogP contribution in [0.25, 0.3) is 121 Å². The summed E-state index contributed by atoms with van der Waals surface area (Å²) < 4.78 is 12.4. The van der Waals surface area contributed by atoms with Gasteiger partial charge >= 0.3 is 0 Å². The van der Waals surface area contributed by atoms with Gasteiger partial charge in [-0.1, -0.05) is 214 Å².